The molecule has 1 amide bonds. The van der Waals surface area contributed by atoms with Gasteiger partial charge in [0.1, 0.15) is 23.3 Å². The lowest BCUT2D eigenvalue weighted by Crippen LogP contribution is -2.42. The van der Waals surface area contributed by atoms with Gasteiger partial charge in [-0.25, -0.2) is 0 Å². The molecule has 1 N–H and O–H groups in total. The number of hydrogen-bond donors (Lipinski definition) is 1. The third-order valence-corrected chi connectivity index (χ3v) is 5.69. The van der Waals surface area contributed by atoms with Crippen molar-refractivity contribution >= 4 is 17.4 Å². The molecule has 170 valence electrons. The second-order valence-corrected chi connectivity index (χ2v) is 7.84. The van der Waals surface area contributed by atoms with Crippen LogP contribution >= 0.6 is 0 Å². The van der Waals surface area contributed by atoms with Crippen LogP contribution in [0.5, 0.6) is 5.75 Å². The Kier molecular flexibility index (Phi) is 6.92. The number of morpholine rings is 1. The van der Waals surface area contributed by atoms with Gasteiger partial charge in [0.15, 0.2) is 0 Å². The number of amides is 1. The lowest BCUT2D eigenvalue weighted by Gasteiger charge is -2.30. The van der Waals surface area contributed by atoms with Crippen molar-refractivity contribution in [1.82, 2.24) is 9.80 Å². The zero-order valence-corrected chi connectivity index (χ0v) is 18.2. The van der Waals surface area contributed by atoms with Crippen molar-refractivity contribution in [3.8, 4) is 5.75 Å². The molecule has 32 heavy (non-hydrogen) atoms. The van der Waals surface area contributed by atoms with E-state index in [0.717, 1.165) is 19.5 Å². The molecule has 0 radical (unpaired) electrons. The van der Waals surface area contributed by atoms with Gasteiger partial charge in [-0.15, -0.1) is 0 Å². The topological polar surface area (TPSA) is 92.5 Å². The van der Waals surface area contributed by atoms with Gasteiger partial charge in [0.05, 0.1) is 31.7 Å². The van der Waals surface area contributed by atoms with Crippen molar-refractivity contribution in [2.24, 2.45) is 0 Å². The molecule has 2 fully saturated rings. The van der Waals surface area contributed by atoms with Crippen LogP contribution in [-0.4, -0.2) is 72.6 Å². The third kappa shape index (κ3) is 4.56. The van der Waals surface area contributed by atoms with Gasteiger partial charge >= 0.3 is 0 Å². The number of carbonyl (C=O) groups excluding carboxylic acids is 2. The van der Waals surface area contributed by atoms with Gasteiger partial charge in [0.25, 0.3) is 11.7 Å². The van der Waals surface area contributed by atoms with Crippen LogP contribution in [0, 0.1) is 0 Å². The van der Waals surface area contributed by atoms with E-state index in [2.05, 4.69) is 4.90 Å². The Bertz CT molecular complexity index is 978. The van der Waals surface area contributed by atoms with Gasteiger partial charge in [-0.1, -0.05) is 19.1 Å². The Labute approximate surface area is 187 Å². The minimum absolute atomic E-state index is 0.0274. The normalized spacial score (nSPS) is 21.3. The molecular weight excluding hydrogens is 412 g/mol. The quantitative estimate of drug-likeness (QED) is 0.383. The molecule has 8 heteroatoms. The molecule has 0 spiro atoms. The third-order valence-electron chi connectivity index (χ3n) is 5.69. The van der Waals surface area contributed by atoms with E-state index in [-0.39, 0.29) is 11.3 Å². The van der Waals surface area contributed by atoms with Gasteiger partial charge in [-0.3, -0.25) is 14.5 Å². The van der Waals surface area contributed by atoms with Gasteiger partial charge in [0.2, 0.25) is 0 Å². The van der Waals surface area contributed by atoms with Crippen LogP contribution in [0.2, 0.25) is 0 Å². The molecule has 8 nitrogen and oxygen atoms in total. The number of rotatable bonds is 8. The molecule has 2 saturated heterocycles. The first kappa shape index (κ1) is 22.1. The molecule has 0 bridgehead atoms. The Hall–Kier alpha value is -3.10. The summed E-state index contributed by atoms with van der Waals surface area (Å²) < 4.78 is 16.6. The summed E-state index contributed by atoms with van der Waals surface area (Å²) in [6, 6.07) is 9.53. The van der Waals surface area contributed by atoms with E-state index in [9.17, 15) is 14.7 Å². The summed E-state index contributed by atoms with van der Waals surface area (Å²) in [6.45, 7) is 6.35. The summed E-state index contributed by atoms with van der Waals surface area (Å²) in [5.41, 5.74) is 0.445. The second kappa shape index (κ2) is 10.0. The SMILES string of the molecule is CCCOc1cccc(/C(O)=C2/C(=O)C(=O)N(CCN3CCOCC3)C2c2ccco2)c1. The number of hydrogen-bond acceptors (Lipinski definition) is 7. The first-order valence-electron chi connectivity index (χ1n) is 10.9. The maximum Gasteiger partial charge on any atom is 0.295 e. The first-order chi connectivity index (χ1) is 15.6. The molecule has 2 aliphatic rings. The largest absolute Gasteiger partial charge is 0.507 e. The summed E-state index contributed by atoms with van der Waals surface area (Å²) in [4.78, 5) is 29.7. The van der Waals surface area contributed by atoms with Crippen molar-refractivity contribution < 1.29 is 28.6 Å². The van der Waals surface area contributed by atoms with Crippen LogP contribution in [0.25, 0.3) is 5.76 Å². The summed E-state index contributed by atoms with van der Waals surface area (Å²) in [6.07, 6.45) is 2.35. The molecule has 2 aliphatic heterocycles. The van der Waals surface area contributed by atoms with Gasteiger partial charge < -0.3 is 23.9 Å². The Morgan fingerprint density at radius 3 is 2.69 bits per heavy atom. The maximum atomic E-state index is 13.0. The predicted octanol–water partition coefficient (Wildman–Crippen LogP) is 2.82. The average molecular weight is 440 g/mol. The Morgan fingerprint density at radius 1 is 1.16 bits per heavy atom. The van der Waals surface area contributed by atoms with E-state index in [4.69, 9.17) is 13.9 Å². The average Bonchev–Trinajstić information content (AvgIpc) is 3.44. The molecular formula is C24H28N2O6. The monoisotopic (exact) mass is 440 g/mol. The number of likely N-dealkylation sites (tertiary alicyclic amines) is 1. The highest BCUT2D eigenvalue weighted by Crippen LogP contribution is 2.39. The number of nitrogens with zero attached hydrogens (tertiary/aromatic N) is 2. The number of carbonyl (C=O) groups is 2. The van der Waals surface area contributed by atoms with Crippen LogP contribution in [0.4, 0.5) is 0 Å². The van der Waals surface area contributed by atoms with Gasteiger partial charge in [-0.2, -0.15) is 0 Å². The van der Waals surface area contributed by atoms with E-state index in [0.29, 0.717) is 50.0 Å². The molecule has 3 heterocycles. The zero-order valence-electron chi connectivity index (χ0n) is 18.2. The van der Waals surface area contributed by atoms with Crippen LogP contribution in [0.1, 0.15) is 30.7 Å². The smallest absolute Gasteiger partial charge is 0.295 e. The van der Waals surface area contributed by atoms with Crippen molar-refractivity contribution in [1.29, 1.82) is 0 Å². The molecule has 0 saturated carbocycles. The molecule has 0 aliphatic carbocycles. The van der Waals surface area contributed by atoms with Crippen LogP contribution in [-0.2, 0) is 14.3 Å². The lowest BCUT2D eigenvalue weighted by atomic mass is 9.99. The number of Topliss-reactive ketones (excluding diaryl/α,β-unsaturated/α-hetero) is 1. The van der Waals surface area contributed by atoms with Crippen molar-refractivity contribution in [2.45, 2.75) is 19.4 Å². The van der Waals surface area contributed by atoms with Gasteiger partial charge in [0, 0.05) is 31.7 Å². The summed E-state index contributed by atoms with van der Waals surface area (Å²) >= 11 is 0. The Balaban J connectivity index is 1.66. The number of ketones is 1. The van der Waals surface area contributed by atoms with Crippen molar-refractivity contribution in [3.63, 3.8) is 0 Å². The maximum absolute atomic E-state index is 13.0. The fourth-order valence-electron chi connectivity index (χ4n) is 4.04. The van der Waals surface area contributed by atoms with E-state index < -0.39 is 17.7 Å². The second-order valence-electron chi connectivity index (χ2n) is 7.84. The highest BCUT2D eigenvalue weighted by Gasteiger charge is 2.47. The van der Waals surface area contributed by atoms with E-state index >= 15 is 0 Å². The fourth-order valence-corrected chi connectivity index (χ4v) is 4.04. The fraction of sp³-hybridized carbons (Fsp3) is 0.417. The van der Waals surface area contributed by atoms with E-state index in [1.807, 2.05) is 6.92 Å². The van der Waals surface area contributed by atoms with Crippen molar-refractivity contribution in [3.05, 3.63) is 59.6 Å². The van der Waals surface area contributed by atoms with Crippen LogP contribution < -0.4 is 4.74 Å². The van der Waals surface area contributed by atoms with E-state index in [1.54, 1.807) is 36.4 Å². The number of aliphatic hydroxyl groups is 1. The number of aliphatic hydroxyl groups excluding tert-OH is 1. The highest BCUT2D eigenvalue weighted by molar-refractivity contribution is 6.46. The standard InChI is InChI=1S/C24H28N2O6/c1-2-12-31-18-6-3-5-17(16-18)22(27)20-21(19-7-4-13-32-19)26(24(29)23(20)28)9-8-25-10-14-30-15-11-25/h3-7,13,16,21,27H,2,8-12,14-15H2,1H3/b22-20-. The molecule has 1 aromatic carbocycles. The first-order valence-corrected chi connectivity index (χ1v) is 10.9. The summed E-state index contributed by atoms with van der Waals surface area (Å²) in [5, 5.41) is 11.1. The van der Waals surface area contributed by atoms with Crippen molar-refractivity contribution in [2.75, 3.05) is 46.0 Å². The summed E-state index contributed by atoms with van der Waals surface area (Å²) in [7, 11) is 0. The molecule has 1 unspecified atom stereocenters. The molecule has 4 rings (SSSR count). The number of ether oxygens (including phenoxy) is 2. The highest BCUT2D eigenvalue weighted by atomic mass is 16.5. The van der Waals surface area contributed by atoms with Crippen LogP contribution in [0.3, 0.4) is 0 Å². The van der Waals surface area contributed by atoms with Gasteiger partial charge in [-0.05, 0) is 30.7 Å². The molecule has 1 atom stereocenters. The molecule has 2 aromatic rings. The lowest BCUT2D eigenvalue weighted by molar-refractivity contribution is -0.140. The Morgan fingerprint density at radius 2 is 1.97 bits per heavy atom. The minimum atomic E-state index is -0.786. The van der Waals surface area contributed by atoms with E-state index in [1.165, 1.54) is 11.2 Å². The number of benzene rings is 1. The number of furan rings is 1. The van der Waals surface area contributed by atoms with Crippen LogP contribution in [0.15, 0.2) is 52.7 Å². The molecule has 1 aromatic heterocycles. The zero-order chi connectivity index (χ0) is 22.5. The predicted molar refractivity (Wildman–Crippen MR) is 117 cm³/mol. The minimum Gasteiger partial charge on any atom is -0.507 e. The summed E-state index contributed by atoms with van der Waals surface area (Å²) in [5.74, 6) is -0.566.